The standard InChI is InChI=1S/C20H13Cl2N3O2/c21-15-8-14(9-16(22)11-15)19-24-25-20(27-19)23-18(26)10-13-6-3-5-12-4-1-2-7-17(12)13/h1-9,11H,10H2,(H,23,25,26). The summed E-state index contributed by atoms with van der Waals surface area (Å²) in [6.07, 6.45) is 0.196. The summed E-state index contributed by atoms with van der Waals surface area (Å²) in [5.74, 6) is -0.0226. The monoisotopic (exact) mass is 397 g/mol. The summed E-state index contributed by atoms with van der Waals surface area (Å²) in [7, 11) is 0. The van der Waals surface area contributed by atoms with E-state index >= 15 is 0 Å². The molecule has 0 aliphatic carbocycles. The zero-order valence-electron chi connectivity index (χ0n) is 13.9. The molecule has 0 unspecified atom stereocenters. The predicted molar refractivity (Wildman–Crippen MR) is 106 cm³/mol. The van der Waals surface area contributed by atoms with Crippen LogP contribution in [0.25, 0.3) is 22.2 Å². The molecule has 5 nitrogen and oxygen atoms in total. The average Bonchev–Trinajstić information content (AvgIpc) is 3.10. The van der Waals surface area contributed by atoms with Crippen LogP contribution >= 0.6 is 23.2 Å². The fraction of sp³-hybridized carbons (Fsp3) is 0.0500. The highest BCUT2D eigenvalue weighted by Crippen LogP contribution is 2.27. The number of fused-ring (bicyclic) bond motifs is 1. The smallest absolute Gasteiger partial charge is 0.322 e. The van der Waals surface area contributed by atoms with E-state index in [-0.39, 0.29) is 24.2 Å². The lowest BCUT2D eigenvalue weighted by Crippen LogP contribution is -2.14. The SMILES string of the molecule is O=C(Cc1cccc2ccccc12)Nc1nnc(-c2cc(Cl)cc(Cl)c2)o1. The number of hydrogen-bond donors (Lipinski definition) is 1. The number of nitrogens with zero attached hydrogens (tertiary/aromatic N) is 2. The molecule has 0 aliphatic heterocycles. The van der Waals surface area contributed by atoms with Crippen molar-refractivity contribution in [1.29, 1.82) is 0 Å². The summed E-state index contributed by atoms with van der Waals surface area (Å²) >= 11 is 12.0. The lowest BCUT2D eigenvalue weighted by Gasteiger charge is -2.05. The molecule has 4 aromatic rings. The summed E-state index contributed by atoms with van der Waals surface area (Å²) in [4.78, 5) is 12.4. The number of amides is 1. The Hall–Kier alpha value is -2.89. The van der Waals surface area contributed by atoms with Gasteiger partial charge in [0.25, 0.3) is 0 Å². The topological polar surface area (TPSA) is 68.0 Å². The van der Waals surface area contributed by atoms with Gasteiger partial charge in [-0.25, -0.2) is 0 Å². The predicted octanol–water partition coefficient (Wildman–Crippen LogP) is 5.38. The van der Waals surface area contributed by atoms with Crippen LogP contribution in [0.15, 0.2) is 65.1 Å². The van der Waals surface area contributed by atoms with E-state index in [2.05, 4.69) is 15.5 Å². The highest BCUT2D eigenvalue weighted by Gasteiger charge is 2.13. The molecular formula is C20H13Cl2N3O2. The highest BCUT2D eigenvalue weighted by atomic mass is 35.5. The van der Waals surface area contributed by atoms with Crippen molar-refractivity contribution >= 4 is 45.9 Å². The molecule has 0 spiro atoms. The molecular weight excluding hydrogens is 385 g/mol. The van der Waals surface area contributed by atoms with E-state index in [9.17, 15) is 4.79 Å². The first-order valence-electron chi connectivity index (χ1n) is 8.15. The third-order valence-electron chi connectivity index (χ3n) is 4.01. The molecule has 27 heavy (non-hydrogen) atoms. The van der Waals surface area contributed by atoms with Gasteiger partial charge in [-0.15, -0.1) is 5.10 Å². The van der Waals surface area contributed by atoms with Gasteiger partial charge < -0.3 is 4.42 Å². The summed E-state index contributed by atoms with van der Waals surface area (Å²) in [6.45, 7) is 0. The highest BCUT2D eigenvalue weighted by molar-refractivity contribution is 6.35. The molecule has 1 amide bonds. The molecule has 4 rings (SSSR count). The maximum atomic E-state index is 12.4. The van der Waals surface area contributed by atoms with E-state index in [4.69, 9.17) is 27.6 Å². The summed E-state index contributed by atoms with van der Waals surface area (Å²) in [5.41, 5.74) is 1.50. The number of carbonyl (C=O) groups is 1. The van der Waals surface area contributed by atoms with Crippen molar-refractivity contribution in [2.75, 3.05) is 5.32 Å². The van der Waals surface area contributed by atoms with E-state index in [1.54, 1.807) is 18.2 Å². The van der Waals surface area contributed by atoms with Crippen LogP contribution in [0.5, 0.6) is 0 Å². The van der Waals surface area contributed by atoms with Gasteiger partial charge in [-0.1, -0.05) is 70.8 Å². The number of anilines is 1. The summed E-state index contributed by atoms with van der Waals surface area (Å²) in [6, 6.07) is 18.7. The Balaban J connectivity index is 1.51. The van der Waals surface area contributed by atoms with Crippen LogP contribution in [0.3, 0.4) is 0 Å². The van der Waals surface area contributed by atoms with Gasteiger partial charge in [0.05, 0.1) is 6.42 Å². The normalized spacial score (nSPS) is 10.9. The average molecular weight is 398 g/mol. The number of hydrogen-bond acceptors (Lipinski definition) is 4. The van der Waals surface area contributed by atoms with E-state index in [0.29, 0.717) is 15.6 Å². The van der Waals surface area contributed by atoms with Crippen LogP contribution in [-0.2, 0) is 11.2 Å². The molecule has 1 aromatic heterocycles. The van der Waals surface area contributed by atoms with Crippen molar-refractivity contribution in [3.05, 3.63) is 76.3 Å². The Labute approximate surface area is 164 Å². The van der Waals surface area contributed by atoms with E-state index < -0.39 is 0 Å². The minimum atomic E-state index is -0.245. The molecule has 134 valence electrons. The van der Waals surface area contributed by atoms with Crippen molar-refractivity contribution in [3.8, 4) is 11.5 Å². The van der Waals surface area contributed by atoms with Gasteiger partial charge in [0, 0.05) is 15.6 Å². The maximum Gasteiger partial charge on any atom is 0.322 e. The van der Waals surface area contributed by atoms with Crippen LogP contribution in [0.4, 0.5) is 6.01 Å². The third kappa shape index (κ3) is 3.94. The molecule has 0 aliphatic rings. The van der Waals surface area contributed by atoms with Crippen LogP contribution in [-0.4, -0.2) is 16.1 Å². The first kappa shape index (κ1) is 17.5. The molecule has 0 fully saturated rings. The molecule has 0 radical (unpaired) electrons. The lowest BCUT2D eigenvalue weighted by molar-refractivity contribution is -0.115. The molecule has 0 saturated carbocycles. The van der Waals surface area contributed by atoms with Gasteiger partial charge >= 0.3 is 6.01 Å². The molecule has 7 heteroatoms. The maximum absolute atomic E-state index is 12.4. The van der Waals surface area contributed by atoms with Crippen molar-refractivity contribution in [2.24, 2.45) is 0 Å². The molecule has 0 atom stereocenters. The fourth-order valence-corrected chi connectivity index (χ4v) is 3.38. The number of carbonyl (C=O) groups excluding carboxylic acids is 1. The Morgan fingerprint density at radius 3 is 2.52 bits per heavy atom. The van der Waals surface area contributed by atoms with E-state index in [1.165, 1.54) is 0 Å². The Morgan fingerprint density at radius 1 is 0.963 bits per heavy atom. The van der Waals surface area contributed by atoms with Crippen molar-refractivity contribution in [1.82, 2.24) is 10.2 Å². The van der Waals surface area contributed by atoms with Crippen molar-refractivity contribution in [3.63, 3.8) is 0 Å². The molecule has 0 saturated heterocycles. The van der Waals surface area contributed by atoms with Crippen LogP contribution in [0.2, 0.25) is 10.0 Å². The summed E-state index contributed by atoms with van der Waals surface area (Å²) < 4.78 is 5.50. The van der Waals surface area contributed by atoms with Crippen LogP contribution in [0.1, 0.15) is 5.56 Å². The first-order chi connectivity index (χ1) is 13.1. The zero-order valence-corrected chi connectivity index (χ0v) is 15.5. The van der Waals surface area contributed by atoms with Crippen LogP contribution in [0, 0.1) is 0 Å². The van der Waals surface area contributed by atoms with Gasteiger partial charge in [-0.3, -0.25) is 10.1 Å². The molecule has 1 N–H and O–H groups in total. The molecule has 1 heterocycles. The number of benzene rings is 3. The Morgan fingerprint density at radius 2 is 1.70 bits per heavy atom. The summed E-state index contributed by atoms with van der Waals surface area (Å²) in [5, 5.41) is 13.5. The number of nitrogens with one attached hydrogen (secondary N) is 1. The minimum Gasteiger partial charge on any atom is -0.403 e. The van der Waals surface area contributed by atoms with Gasteiger partial charge in [0.2, 0.25) is 11.8 Å². The van der Waals surface area contributed by atoms with E-state index in [0.717, 1.165) is 16.3 Å². The Kier molecular flexibility index (Phi) is 4.79. The largest absolute Gasteiger partial charge is 0.403 e. The van der Waals surface area contributed by atoms with Gasteiger partial charge in [-0.05, 0) is 34.5 Å². The molecule has 0 bridgehead atoms. The number of rotatable bonds is 4. The quantitative estimate of drug-likeness (QED) is 0.501. The zero-order chi connectivity index (χ0) is 18.8. The van der Waals surface area contributed by atoms with Crippen molar-refractivity contribution in [2.45, 2.75) is 6.42 Å². The van der Waals surface area contributed by atoms with Crippen LogP contribution < -0.4 is 5.32 Å². The van der Waals surface area contributed by atoms with Crippen molar-refractivity contribution < 1.29 is 9.21 Å². The third-order valence-corrected chi connectivity index (χ3v) is 4.45. The van der Waals surface area contributed by atoms with Gasteiger partial charge in [0.1, 0.15) is 0 Å². The van der Waals surface area contributed by atoms with E-state index in [1.807, 2.05) is 42.5 Å². The minimum absolute atomic E-state index is 0.0198. The lowest BCUT2D eigenvalue weighted by atomic mass is 10.0. The number of aromatic nitrogens is 2. The first-order valence-corrected chi connectivity index (χ1v) is 8.90. The molecule has 3 aromatic carbocycles. The second kappa shape index (κ2) is 7.39. The van der Waals surface area contributed by atoms with Gasteiger partial charge in [-0.2, -0.15) is 0 Å². The van der Waals surface area contributed by atoms with Gasteiger partial charge in [0.15, 0.2) is 0 Å². The fourth-order valence-electron chi connectivity index (χ4n) is 2.85. The number of halogens is 2. The Bertz CT molecular complexity index is 1120. The second-order valence-corrected chi connectivity index (χ2v) is 6.81. The second-order valence-electron chi connectivity index (χ2n) is 5.93.